The summed E-state index contributed by atoms with van der Waals surface area (Å²) in [7, 11) is 0. The molecule has 4 aliphatic rings. The van der Waals surface area contributed by atoms with Crippen LogP contribution in [-0.4, -0.2) is 22.4 Å². The molecule has 2 aromatic carbocycles. The maximum absolute atomic E-state index is 11.4. The molecule has 4 aliphatic carbocycles. The van der Waals surface area contributed by atoms with Gasteiger partial charge in [-0.1, -0.05) is 12.1 Å². The zero-order chi connectivity index (χ0) is 20.2. The van der Waals surface area contributed by atoms with Crippen LogP contribution in [0.4, 0.5) is 5.69 Å². The number of hydrogen-bond donors (Lipinski definition) is 2. The number of phenolic OH excluding ortho intramolecular Hbond substituents is 1. The van der Waals surface area contributed by atoms with E-state index in [1.54, 1.807) is 37.4 Å². The first-order valence-electron chi connectivity index (χ1n) is 10.6. The summed E-state index contributed by atoms with van der Waals surface area (Å²) in [6.07, 6.45) is 9.73. The Morgan fingerprint density at radius 1 is 1.07 bits per heavy atom. The van der Waals surface area contributed by atoms with Gasteiger partial charge >= 0.3 is 5.97 Å². The summed E-state index contributed by atoms with van der Waals surface area (Å²) in [6, 6.07) is 11.1. The van der Waals surface area contributed by atoms with E-state index in [-0.39, 0.29) is 16.7 Å². The van der Waals surface area contributed by atoms with E-state index in [0.29, 0.717) is 16.8 Å². The second kappa shape index (κ2) is 6.72. The molecule has 29 heavy (non-hydrogen) atoms. The molecule has 0 atom stereocenters. The van der Waals surface area contributed by atoms with Crippen molar-refractivity contribution in [3.63, 3.8) is 0 Å². The zero-order valence-corrected chi connectivity index (χ0v) is 16.8. The monoisotopic (exact) mass is 389 g/mol. The average Bonchev–Trinajstić information content (AvgIpc) is 2.67. The van der Waals surface area contributed by atoms with Crippen molar-refractivity contribution in [3.8, 4) is 5.75 Å². The molecule has 0 radical (unpaired) electrons. The highest BCUT2D eigenvalue weighted by Gasteiger charge is 2.51. The highest BCUT2D eigenvalue weighted by Crippen LogP contribution is 2.60. The number of rotatable bonds is 4. The minimum Gasteiger partial charge on any atom is -0.507 e. The summed E-state index contributed by atoms with van der Waals surface area (Å²) >= 11 is 0. The molecule has 150 valence electrons. The number of carboxylic acid groups (broad SMARTS) is 1. The summed E-state index contributed by atoms with van der Waals surface area (Å²) in [4.78, 5) is 15.9. The Hall–Kier alpha value is -2.62. The second-order valence-corrected chi connectivity index (χ2v) is 9.48. The van der Waals surface area contributed by atoms with Crippen molar-refractivity contribution in [2.75, 3.05) is 0 Å². The molecule has 0 unspecified atom stereocenters. The minimum atomic E-state index is -0.953. The van der Waals surface area contributed by atoms with E-state index in [0.717, 1.165) is 17.8 Å². The number of nitrogens with zero attached hydrogens (tertiary/aromatic N) is 1. The number of benzene rings is 2. The van der Waals surface area contributed by atoms with Crippen LogP contribution in [0.1, 0.15) is 65.6 Å². The van der Waals surface area contributed by atoms with Crippen molar-refractivity contribution in [3.05, 3.63) is 58.7 Å². The Morgan fingerprint density at radius 3 is 2.34 bits per heavy atom. The lowest BCUT2D eigenvalue weighted by atomic mass is 9.48. The molecule has 4 nitrogen and oxygen atoms in total. The molecular formula is C25H27NO3. The van der Waals surface area contributed by atoms with Crippen LogP contribution in [-0.2, 0) is 5.41 Å². The van der Waals surface area contributed by atoms with E-state index in [4.69, 9.17) is 0 Å². The van der Waals surface area contributed by atoms with Crippen molar-refractivity contribution in [1.29, 1.82) is 0 Å². The number of carbonyl (C=O) groups is 1. The molecule has 4 fully saturated rings. The Balaban J connectivity index is 1.48. The molecule has 6 rings (SSSR count). The van der Waals surface area contributed by atoms with Crippen molar-refractivity contribution in [2.45, 2.75) is 50.9 Å². The normalized spacial score (nSPS) is 30.2. The minimum absolute atomic E-state index is 0.217. The summed E-state index contributed by atoms with van der Waals surface area (Å²) in [5.41, 5.74) is 3.82. The molecule has 0 heterocycles. The molecule has 0 aromatic heterocycles. The number of carboxylic acids is 1. The van der Waals surface area contributed by atoms with E-state index in [2.05, 4.69) is 17.1 Å². The molecule has 4 saturated carbocycles. The molecule has 0 spiro atoms. The van der Waals surface area contributed by atoms with Crippen LogP contribution < -0.4 is 0 Å². The lowest BCUT2D eigenvalue weighted by Crippen LogP contribution is -2.48. The Morgan fingerprint density at radius 2 is 1.72 bits per heavy atom. The van der Waals surface area contributed by atoms with Crippen molar-refractivity contribution in [2.24, 2.45) is 22.7 Å². The molecule has 4 heteroatoms. The van der Waals surface area contributed by atoms with Gasteiger partial charge < -0.3 is 10.2 Å². The van der Waals surface area contributed by atoms with Crippen LogP contribution >= 0.6 is 0 Å². The summed E-state index contributed by atoms with van der Waals surface area (Å²) in [5, 5.41) is 19.7. The maximum atomic E-state index is 11.4. The van der Waals surface area contributed by atoms with Crippen molar-refractivity contribution < 1.29 is 15.0 Å². The Kier molecular flexibility index (Phi) is 4.27. The van der Waals surface area contributed by atoms with Gasteiger partial charge in [-0.25, -0.2) is 4.79 Å². The summed E-state index contributed by atoms with van der Waals surface area (Å²) < 4.78 is 0. The van der Waals surface area contributed by atoms with Crippen molar-refractivity contribution >= 4 is 17.9 Å². The molecule has 0 aliphatic heterocycles. The van der Waals surface area contributed by atoms with Gasteiger partial charge in [-0.3, -0.25) is 4.99 Å². The first-order valence-corrected chi connectivity index (χ1v) is 10.6. The molecule has 4 bridgehead atoms. The van der Waals surface area contributed by atoms with Crippen LogP contribution in [0.2, 0.25) is 0 Å². The molecule has 0 amide bonds. The number of hydrogen-bond acceptors (Lipinski definition) is 3. The number of phenols is 1. The maximum Gasteiger partial charge on any atom is 0.336 e. The standard InChI is InChI=1S/C25H27NO3/c1-15-21(24(28)29)3-2-4-22(15)26-14-19-10-20(5-6-23(19)27)25-11-16-7-17(12-25)9-18(8-16)13-25/h2-6,10,14,16-18,27H,7-9,11-13H2,1H3,(H,28,29). The van der Waals surface area contributed by atoms with Gasteiger partial charge in [0.1, 0.15) is 5.75 Å². The Bertz CT molecular complexity index is 972. The second-order valence-electron chi connectivity index (χ2n) is 9.48. The largest absolute Gasteiger partial charge is 0.507 e. The quantitative estimate of drug-likeness (QED) is 0.667. The van der Waals surface area contributed by atoms with Gasteiger partial charge in [0.25, 0.3) is 0 Å². The average molecular weight is 389 g/mol. The number of aromatic carboxylic acids is 1. The third-order valence-electron chi connectivity index (χ3n) is 7.56. The van der Waals surface area contributed by atoms with E-state index >= 15 is 0 Å². The smallest absolute Gasteiger partial charge is 0.336 e. The van der Waals surface area contributed by atoms with Crippen LogP contribution in [0.3, 0.4) is 0 Å². The van der Waals surface area contributed by atoms with Gasteiger partial charge in [-0.2, -0.15) is 0 Å². The van der Waals surface area contributed by atoms with Crippen molar-refractivity contribution in [1.82, 2.24) is 0 Å². The van der Waals surface area contributed by atoms with Gasteiger partial charge in [0.05, 0.1) is 11.3 Å². The fraction of sp³-hybridized carbons (Fsp3) is 0.440. The number of aromatic hydroxyl groups is 1. The third-order valence-corrected chi connectivity index (χ3v) is 7.56. The fourth-order valence-electron chi connectivity index (χ4n) is 6.59. The van der Waals surface area contributed by atoms with E-state index in [1.807, 2.05) is 0 Å². The topological polar surface area (TPSA) is 69.9 Å². The van der Waals surface area contributed by atoms with Crippen LogP contribution in [0.5, 0.6) is 5.75 Å². The zero-order valence-electron chi connectivity index (χ0n) is 16.8. The number of aliphatic imine (C=N–C) groups is 1. The van der Waals surface area contributed by atoms with Gasteiger partial charge in [-0.15, -0.1) is 0 Å². The predicted octanol–water partition coefficient (Wildman–Crippen LogP) is 5.62. The van der Waals surface area contributed by atoms with Gasteiger partial charge in [0.2, 0.25) is 0 Å². The summed E-state index contributed by atoms with van der Waals surface area (Å²) in [5.74, 6) is 1.87. The highest BCUT2D eigenvalue weighted by atomic mass is 16.4. The van der Waals surface area contributed by atoms with Crippen LogP contribution in [0, 0.1) is 24.7 Å². The van der Waals surface area contributed by atoms with E-state index in [1.165, 1.54) is 44.1 Å². The van der Waals surface area contributed by atoms with Gasteiger partial charge in [0.15, 0.2) is 0 Å². The fourth-order valence-corrected chi connectivity index (χ4v) is 6.59. The SMILES string of the molecule is Cc1c(N=Cc2cc(C34CC5CC(CC(C5)C3)C4)ccc2O)cccc1C(=O)O. The lowest BCUT2D eigenvalue weighted by molar-refractivity contribution is -0.00520. The lowest BCUT2D eigenvalue weighted by Gasteiger charge is -2.57. The first kappa shape index (κ1) is 18.4. The molecule has 2 aromatic rings. The molecular weight excluding hydrogens is 362 g/mol. The summed E-state index contributed by atoms with van der Waals surface area (Å²) in [6.45, 7) is 1.77. The van der Waals surface area contributed by atoms with Gasteiger partial charge in [-0.05, 0) is 104 Å². The molecule has 0 saturated heterocycles. The highest BCUT2D eigenvalue weighted by molar-refractivity contribution is 5.92. The van der Waals surface area contributed by atoms with Crippen LogP contribution in [0.25, 0.3) is 0 Å². The van der Waals surface area contributed by atoms with Crippen LogP contribution in [0.15, 0.2) is 41.4 Å². The first-order chi connectivity index (χ1) is 13.9. The predicted molar refractivity (Wildman–Crippen MR) is 113 cm³/mol. The van der Waals surface area contributed by atoms with E-state index in [9.17, 15) is 15.0 Å². The molecule has 2 N–H and O–H groups in total. The van der Waals surface area contributed by atoms with E-state index < -0.39 is 5.97 Å². The Labute approximate surface area is 171 Å². The third kappa shape index (κ3) is 3.15. The van der Waals surface area contributed by atoms with Gasteiger partial charge in [0, 0.05) is 11.8 Å².